The second kappa shape index (κ2) is 8.62. The van der Waals surface area contributed by atoms with E-state index in [1.807, 2.05) is 13.0 Å². The molecule has 8 heteroatoms. The number of carbonyl (C=O) groups excluding carboxylic acids is 1. The Kier molecular flexibility index (Phi) is 6.21. The van der Waals surface area contributed by atoms with Crippen molar-refractivity contribution in [1.82, 2.24) is 10.3 Å². The molecule has 0 spiro atoms. The van der Waals surface area contributed by atoms with Crippen molar-refractivity contribution >= 4 is 15.9 Å². The van der Waals surface area contributed by atoms with Gasteiger partial charge in [-0.2, -0.15) is 0 Å². The maximum Gasteiger partial charge on any atom is 0.275 e. The van der Waals surface area contributed by atoms with Crippen molar-refractivity contribution in [3.8, 4) is 11.5 Å². The van der Waals surface area contributed by atoms with E-state index >= 15 is 0 Å². The average molecular weight is 404 g/mol. The monoisotopic (exact) mass is 404 g/mol. The van der Waals surface area contributed by atoms with Gasteiger partial charge in [-0.05, 0) is 80.6 Å². The van der Waals surface area contributed by atoms with Crippen LogP contribution in [0.2, 0.25) is 0 Å². The summed E-state index contributed by atoms with van der Waals surface area (Å²) in [6.07, 6.45) is 1.99. The molecule has 1 atom stereocenters. The SMILES string of the molecule is CCOc1ccc(O[C@@H](C)C(=O)NNS(=O)(=O)c2ccc3c(c2)CCC3)cc1. The third-order valence-corrected chi connectivity index (χ3v) is 5.75. The van der Waals surface area contributed by atoms with Crippen LogP contribution in [0.3, 0.4) is 0 Å². The fourth-order valence-electron chi connectivity index (χ4n) is 3.03. The number of sulfonamides is 1. The van der Waals surface area contributed by atoms with Crippen LogP contribution < -0.4 is 19.7 Å². The van der Waals surface area contributed by atoms with Gasteiger partial charge >= 0.3 is 0 Å². The van der Waals surface area contributed by atoms with E-state index in [1.165, 1.54) is 12.5 Å². The molecule has 0 saturated heterocycles. The topological polar surface area (TPSA) is 93.7 Å². The van der Waals surface area contributed by atoms with E-state index in [2.05, 4.69) is 10.3 Å². The summed E-state index contributed by atoms with van der Waals surface area (Å²) >= 11 is 0. The fourth-order valence-corrected chi connectivity index (χ4v) is 3.93. The lowest BCUT2D eigenvalue weighted by Gasteiger charge is -2.16. The first-order valence-electron chi connectivity index (χ1n) is 9.22. The standard InChI is InChI=1S/C20H24N2O5S/c1-3-26-17-8-10-18(11-9-17)27-14(2)20(23)21-22-28(24,25)19-12-7-15-5-4-6-16(15)13-19/h7-14,22H,3-6H2,1-2H3,(H,21,23)/t14-/m0/s1. The molecule has 0 unspecified atom stereocenters. The number of hydrogen-bond acceptors (Lipinski definition) is 5. The predicted molar refractivity (Wildman–Crippen MR) is 105 cm³/mol. The molecule has 28 heavy (non-hydrogen) atoms. The summed E-state index contributed by atoms with van der Waals surface area (Å²) in [6, 6.07) is 11.9. The number of benzene rings is 2. The molecular formula is C20H24N2O5S. The van der Waals surface area contributed by atoms with Gasteiger partial charge in [0, 0.05) is 0 Å². The van der Waals surface area contributed by atoms with Crippen LogP contribution in [0.4, 0.5) is 0 Å². The minimum absolute atomic E-state index is 0.133. The number of fused-ring (bicyclic) bond motifs is 1. The van der Waals surface area contributed by atoms with Gasteiger partial charge in [-0.25, -0.2) is 8.42 Å². The van der Waals surface area contributed by atoms with Gasteiger partial charge in [-0.1, -0.05) is 6.07 Å². The predicted octanol–water partition coefficient (Wildman–Crippen LogP) is 2.35. The molecule has 7 nitrogen and oxygen atoms in total. The van der Waals surface area contributed by atoms with Gasteiger partial charge in [-0.15, -0.1) is 4.83 Å². The van der Waals surface area contributed by atoms with E-state index < -0.39 is 22.0 Å². The summed E-state index contributed by atoms with van der Waals surface area (Å²) in [5.41, 5.74) is 4.44. The molecule has 150 valence electrons. The van der Waals surface area contributed by atoms with E-state index in [4.69, 9.17) is 9.47 Å². The first-order chi connectivity index (χ1) is 13.4. The van der Waals surface area contributed by atoms with Crippen molar-refractivity contribution in [2.45, 2.75) is 44.1 Å². The number of amides is 1. The molecule has 1 aliphatic rings. The normalized spacial score (nSPS) is 14.2. The fraction of sp³-hybridized carbons (Fsp3) is 0.350. The van der Waals surface area contributed by atoms with Crippen LogP contribution >= 0.6 is 0 Å². The van der Waals surface area contributed by atoms with Crippen LogP contribution in [-0.2, 0) is 27.7 Å². The summed E-state index contributed by atoms with van der Waals surface area (Å²) in [7, 11) is -3.85. The first-order valence-corrected chi connectivity index (χ1v) is 10.7. The lowest BCUT2D eigenvalue weighted by Crippen LogP contribution is -2.47. The molecule has 2 N–H and O–H groups in total. The van der Waals surface area contributed by atoms with E-state index in [0.717, 1.165) is 24.8 Å². The van der Waals surface area contributed by atoms with Gasteiger partial charge in [0.1, 0.15) is 11.5 Å². The molecule has 2 aromatic carbocycles. The number of aryl methyl sites for hydroxylation is 2. The smallest absolute Gasteiger partial charge is 0.275 e. The molecular weight excluding hydrogens is 380 g/mol. The Hall–Kier alpha value is -2.58. The summed E-state index contributed by atoms with van der Waals surface area (Å²) < 4.78 is 35.8. The Morgan fingerprint density at radius 1 is 1.07 bits per heavy atom. The molecule has 0 bridgehead atoms. The van der Waals surface area contributed by atoms with Gasteiger partial charge < -0.3 is 9.47 Å². The molecule has 0 radical (unpaired) electrons. The number of carbonyl (C=O) groups is 1. The molecule has 0 heterocycles. The third-order valence-electron chi connectivity index (χ3n) is 4.51. The zero-order valence-electron chi connectivity index (χ0n) is 15.9. The van der Waals surface area contributed by atoms with Crippen LogP contribution in [0.25, 0.3) is 0 Å². The average Bonchev–Trinajstić information content (AvgIpc) is 3.15. The lowest BCUT2D eigenvalue weighted by molar-refractivity contribution is -0.127. The van der Waals surface area contributed by atoms with Crippen molar-refractivity contribution in [1.29, 1.82) is 0 Å². The first kappa shape index (κ1) is 20.2. The minimum atomic E-state index is -3.85. The number of rotatable bonds is 8. The third kappa shape index (κ3) is 4.82. The van der Waals surface area contributed by atoms with Crippen molar-refractivity contribution in [2.75, 3.05) is 6.61 Å². The number of hydrogen-bond donors (Lipinski definition) is 2. The highest BCUT2D eigenvalue weighted by molar-refractivity contribution is 7.89. The number of nitrogens with one attached hydrogen (secondary N) is 2. The van der Waals surface area contributed by atoms with Crippen LogP contribution in [0, 0.1) is 0 Å². The molecule has 0 fully saturated rings. The maximum absolute atomic E-state index is 12.4. The number of ether oxygens (including phenoxy) is 2. The highest BCUT2D eigenvalue weighted by Gasteiger charge is 2.21. The Morgan fingerprint density at radius 3 is 2.46 bits per heavy atom. The van der Waals surface area contributed by atoms with Crippen LogP contribution in [0.5, 0.6) is 11.5 Å². The quantitative estimate of drug-likeness (QED) is 0.659. The van der Waals surface area contributed by atoms with E-state index in [-0.39, 0.29) is 4.90 Å². The maximum atomic E-state index is 12.4. The van der Waals surface area contributed by atoms with Crippen LogP contribution in [-0.4, -0.2) is 27.0 Å². The molecule has 0 aromatic heterocycles. The minimum Gasteiger partial charge on any atom is -0.494 e. The molecule has 1 aliphatic carbocycles. The zero-order valence-corrected chi connectivity index (χ0v) is 16.7. The Bertz CT molecular complexity index is 942. The summed E-state index contributed by atoms with van der Waals surface area (Å²) in [5, 5.41) is 0. The van der Waals surface area contributed by atoms with Crippen molar-refractivity contribution in [3.05, 3.63) is 53.6 Å². The van der Waals surface area contributed by atoms with Gasteiger partial charge in [0.2, 0.25) is 0 Å². The van der Waals surface area contributed by atoms with E-state index in [9.17, 15) is 13.2 Å². The van der Waals surface area contributed by atoms with Crippen molar-refractivity contribution < 1.29 is 22.7 Å². The van der Waals surface area contributed by atoms with E-state index in [1.54, 1.807) is 36.4 Å². The highest BCUT2D eigenvalue weighted by Crippen LogP contribution is 2.24. The molecule has 2 aromatic rings. The van der Waals surface area contributed by atoms with Crippen LogP contribution in [0.1, 0.15) is 31.4 Å². The second-order valence-electron chi connectivity index (χ2n) is 6.54. The molecule has 0 saturated carbocycles. The van der Waals surface area contributed by atoms with E-state index in [0.29, 0.717) is 18.1 Å². The van der Waals surface area contributed by atoms with Gasteiger partial charge in [0.25, 0.3) is 15.9 Å². The van der Waals surface area contributed by atoms with Gasteiger partial charge in [0.15, 0.2) is 6.10 Å². The van der Waals surface area contributed by atoms with Crippen molar-refractivity contribution in [2.24, 2.45) is 0 Å². The number of hydrazine groups is 1. The van der Waals surface area contributed by atoms with Gasteiger partial charge in [-0.3, -0.25) is 10.2 Å². The van der Waals surface area contributed by atoms with Gasteiger partial charge in [0.05, 0.1) is 11.5 Å². The molecule has 0 aliphatic heterocycles. The summed E-state index contributed by atoms with van der Waals surface area (Å²) in [6.45, 7) is 3.99. The zero-order chi connectivity index (χ0) is 20.1. The second-order valence-corrected chi connectivity index (χ2v) is 8.23. The molecule has 3 rings (SSSR count). The summed E-state index contributed by atoms with van der Waals surface area (Å²) in [4.78, 5) is 14.5. The Labute approximate surface area is 165 Å². The lowest BCUT2D eigenvalue weighted by atomic mass is 10.1. The van der Waals surface area contributed by atoms with Crippen LogP contribution in [0.15, 0.2) is 47.4 Å². The summed E-state index contributed by atoms with van der Waals surface area (Å²) in [5.74, 6) is 0.584. The highest BCUT2D eigenvalue weighted by atomic mass is 32.2. The van der Waals surface area contributed by atoms with Crippen molar-refractivity contribution in [3.63, 3.8) is 0 Å². The molecule has 1 amide bonds. The largest absolute Gasteiger partial charge is 0.494 e. The Morgan fingerprint density at radius 2 is 1.75 bits per heavy atom. The Balaban J connectivity index is 1.56.